The summed E-state index contributed by atoms with van der Waals surface area (Å²) in [5.41, 5.74) is 4.56. The van der Waals surface area contributed by atoms with Gasteiger partial charge in [-0.15, -0.1) is 0 Å². The maximum absolute atomic E-state index is 11.9. The van der Waals surface area contributed by atoms with E-state index in [2.05, 4.69) is 10.6 Å². The van der Waals surface area contributed by atoms with Gasteiger partial charge in [0.2, 0.25) is 5.91 Å². The highest BCUT2D eigenvalue weighted by Crippen LogP contribution is 2.14. The third kappa shape index (κ3) is 6.93. The number of ether oxygens (including phenoxy) is 1. The van der Waals surface area contributed by atoms with Crippen LogP contribution in [0.25, 0.3) is 0 Å². The molecule has 0 aliphatic heterocycles. The largest absolute Gasteiger partial charge is 0.456 e. The molecule has 6 nitrogen and oxygen atoms in total. The first kappa shape index (κ1) is 20.2. The highest BCUT2D eigenvalue weighted by Gasteiger charge is 2.11. The summed E-state index contributed by atoms with van der Waals surface area (Å²) < 4.78 is 4.91. The summed E-state index contributed by atoms with van der Waals surface area (Å²) >= 11 is 0. The van der Waals surface area contributed by atoms with Crippen molar-refractivity contribution in [1.82, 2.24) is 0 Å². The average molecular weight is 368 g/mol. The number of rotatable bonds is 7. The van der Waals surface area contributed by atoms with Crippen LogP contribution in [-0.4, -0.2) is 24.4 Å². The third-order valence-corrected chi connectivity index (χ3v) is 4.01. The van der Waals surface area contributed by atoms with E-state index in [4.69, 9.17) is 4.74 Å². The second kappa shape index (κ2) is 9.52. The van der Waals surface area contributed by atoms with Gasteiger partial charge in [0.05, 0.1) is 6.42 Å². The molecular weight excluding hydrogens is 344 g/mol. The lowest BCUT2D eigenvalue weighted by atomic mass is 10.1. The fraction of sp³-hybridized carbons (Fsp3) is 0.286. The second-order valence-corrected chi connectivity index (χ2v) is 6.43. The fourth-order valence-corrected chi connectivity index (χ4v) is 2.40. The SMILES string of the molecule is Cc1cccc(NC(=O)COC(=O)CCC(=O)Nc2ccc(C)c(C)c2)c1. The van der Waals surface area contributed by atoms with Crippen molar-refractivity contribution >= 4 is 29.2 Å². The van der Waals surface area contributed by atoms with Crippen LogP contribution < -0.4 is 10.6 Å². The van der Waals surface area contributed by atoms with Gasteiger partial charge in [-0.25, -0.2) is 0 Å². The van der Waals surface area contributed by atoms with Gasteiger partial charge in [-0.05, 0) is 61.7 Å². The molecule has 0 radical (unpaired) electrons. The molecule has 142 valence electrons. The molecule has 0 bridgehead atoms. The molecule has 0 heterocycles. The number of carbonyl (C=O) groups excluding carboxylic acids is 3. The second-order valence-electron chi connectivity index (χ2n) is 6.43. The van der Waals surface area contributed by atoms with Crippen molar-refractivity contribution in [3.63, 3.8) is 0 Å². The number of hydrogen-bond donors (Lipinski definition) is 2. The van der Waals surface area contributed by atoms with Crippen LogP contribution >= 0.6 is 0 Å². The molecule has 0 aliphatic carbocycles. The van der Waals surface area contributed by atoms with E-state index >= 15 is 0 Å². The number of aryl methyl sites for hydroxylation is 3. The smallest absolute Gasteiger partial charge is 0.306 e. The quantitative estimate of drug-likeness (QED) is 0.733. The minimum atomic E-state index is -0.593. The summed E-state index contributed by atoms with van der Waals surface area (Å²) in [5, 5.41) is 5.39. The van der Waals surface area contributed by atoms with Gasteiger partial charge in [0.25, 0.3) is 5.91 Å². The van der Waals surface area contributed by atoms with E-state index in [1.54, 1.807) is 6.07 Å². The Kier molecular flexibility index (Phi) is 7.11. The Bertz CT molecular complexity index is 846. The van der Waals surface area contributed by atoms with Gasteiger partial charge in [-0.2, -0.15) is 0 Å². The lowest BCUT2D eigenvalue weighted by Gasteiger charge is -2.08. The van der Waals surface area contributed by atoms with E-state index in [9.17, 15) is 14.4 Å². The molecule has 2 N–H and O–H groups in total. The Balaban J connectivity index is 1.69. The minimum Gasteiger partial charge on any atom is -0.456 e. The number of nitrogens with one attached hydrogen (secondary N) is 2. The van der Waals surface area contributed by atoms with Crippen molar-refractivity contribution in [3.05, 3.63) is 59.2 Å². The first-order chi connectivity index (χ1) is 12.8. The van der Waals surface area contributed by atoms with Gasteiger partial charge >= 0.3 is 5.97 Å². The summed E-state index contributed by atoms with van der Waals surface area (Å²) in [5.74, 6) is -1.29. The Labute approximate surface area is 158 Å². The van der Waals surface area contributed by atoms with Gasteiger partial charge in [-0.3, -0.25) is 14.4 Å². The fourth-order valence-electron chi connectivity index (χ4n) is 2.40. The van der Waals surface area contributed by atoms with E-state index in [0.29, 0.717) is 11.4 Å². The number of amides is 2. The molecule has 0 aliphatic rings. The molecule has 2 rings (SSSR count). The number of benzene rings is 2. The molecule has 0 saturated heterocycles. The van der Waals surface area contributed by atoms with Crippen LogP contribution in [0.4, 0.5) is 11.4 Å². The average Bonchev–Trinajstić information content (AvgIpc) is 2.61. The Morgan fingerprint density at radius 3 is 2.22 bits per heavy atom. The minimum absolute atomic E-state index is 0.00867. The van der Waals surface area contributed by atoms with Crippen molar-refractivity contribution < 1.29 is 19.1 Å². The first-order valence-electron chi connectivity index (χ1n) is 8.73. The van der Waals surface area contributed by atoms with Crippen LogP contribution in [-0.2, 0) is 19.1 Å². The maximum Gasteiger partial charge on any atom is 0.306 e. The van der Waals surface area contributed by atoms with E-state index in [1.807, 2.05) is 57.2 Å². The molecule has 0 saturated carbocycles. The summed E-state index contributed by atoms with van der Waals surface area (Å²) in [4.78, 5) is 35.5. The maximum atomic E-state index is 11.9. The molecule has 0 aromatic heterocycles. The topological polar surface area (TPSA) is 84.5 Å². The molecular formula is C21H24N2O4. The molecule has 2 aromatic rings. The summed E-state index contributed by atoms with van der Waals surface area (Å²) in [7, 11) is 0. The van der Waals surface area contributed by atoms with E-state index in [-0.39, 0.29) is 25.4 Å². The van der Waals surface area contributed by atoms with Crippen molar-refractivity contribution in [2.75, 3.05) is 17.2 Å². The molecule has 27 heavy (non-hydrogen) atoms. The van der Waals surface area contributed by atoms with Crippen LogP contribution in [0.1, 0.15) is 29.5 Å². The van der Waals surface area contributed by atoms with Crippen LogP contribution in [0.3, 0.4) is 0 Å². The van der Waals surface area contributed by atoms with Crippen LogP contribution in [0.2, 0.25) is 0 Å². The summed E-state index contributed by atoms with van der Waals surface area (Å²) in [6.45, 7) is 5.49. The molecule has 2 aromatic carbocycles. The molecule has 0 unspecified atom stereocenters. The number of carbonyl (C=O) groups is 3. The van der Waals surface area contributed by atoms with Crippen LogP contribution in [0.5, 0.6) is 0 Å². The van der Waals surface area contributed by atoms with Gasteiger partial charge < -0.3 is 15.4 Å². The standard InChI is InChI=1S/C21H24N2O4/c1-14-5-4-6-17(11-14)23-20(25)13-27-21(26)10-9-19(24)22-18-8-7-15(2)16(3)12-18/h4-8,11-12H,9-10,13H2,1-3H3,(H,22,24)(H,23,25). The third-order valence-electron chi connectivity index (χ3n) is 4.01. The predicted molar refractivity (Wildman–Crippen MR) is 105 cm³/mol. The molecule has 0 spiro atoms. The lowest BCUT2D eigenvalue weighted by molar-refractivity contribution is -0.147. The summed E-state index contributed by atoms with van der Waals surface area (Å²) in [6, 6.07) is 12.9. The van der Waals surface area contributed by atoms with Gasteiger partial charge in [-0.1, -0.05) is 18.2 Å². The molecule has 0 fully saturated rings. The van der Waals surface area contributed by atoms with E-state index < -0.39 is 11.9 Å². The first-order valence-corrected chi connectivity index (χ1v) is 8.73. The number of hydrogen-bond acceptors (Lipinski definition) is 4. The normalized spacial score (nSPS) is 10.2. The van der Waals surface area contributed by atoms with E-state index in [0.717, 1.165) is 16.7 Å². The van der Waals surface area contributed by atoms with Crippen molar-refractivity contribution in [2.45, 2.75) is 33.6 Å². The number of anilines is 2. The lowest BCUT2D eigenvalue weighted by Crippen LogP contribution is -2.21. The van der Waals surface area contributed by atoms with Crippen molar-refractivity contribution in [3.8, 4) is 0 Å². The molecule has 0 atom stereocenters. The van der Waals surface area contributed by atoms with E-state index in [1.165, 1.54) is 0 Å². The number of esters is 1. The highest BCUT2D eigenvalue weighted by atomic mass is 16.5. The van der Waals surface area contributed by atoms with Crippen LogP contribution in [0.15, 0.2) is 42.5 Å². The van der Waals surface area contributed by atoms with Crippen LogP contribution in [0, 0.1) is 20.8 Å². The van der Waals surface area contributed by atoms with Gasteiger partial charge in [0.1, 0.15) is 0 Å². The molecule has 2 amide bonds. The van der Waals surface area contributed by atoms with Crippen molar-refractivity contribution in [2.24, 2.45) is 0 Å². The van der Waals surface area contributed by atoms with Gasteiger partial charge in [0.15, 0.2) is 6.61 Å². The monoisotopic (exact) mass is 368 g/mol. The van der Waals surface area contributed by atoms with Gasteiger partial charge in [0, 0.05) is 17.8 Å². The molecule has 6 heteroatoms. The zero-order valence-electron chi connectivity index (χ0n) is 15.8. The summed E-state index contributed by atoms with van der Waals surface area (Å²) in [6.07, 6.45) is -0.0976. The predicted octanol–water partition coefficient (Wildman–Crippen LogP) is 3.51. The Morgan fingerprint density at radius 2 is 1.52 bits per heavy atom. The Morgan fingerprint density at radius 1 is 0.815 bits per heavy atom. The zero-order valence-corrected chi connectivity index (χ0v) is 15.8. The Hall–Kier alpha value is -3.15. The zero-order chi connectivity index (χ0) is 19.8. The van der Waals surface area contributed by atoms with Crippen molar-refractivity contribution in [1.29, 1.82) is 0 Å². The highest BCUT2D eigenvalue weighted by molar-refractivity contribution is 5.94.